The van der Waals surface area contributed by atoms with Gasteiger partial charge >= 0.3 is 0 Å². The molecular formula is C14H9BrFNO. The molecule has 0 saturated carbocycles. The van der Waals surface area contributed by atoms with Crippen LogP contribution in [-0.4, -0.2) is 0 Å². The summed E-state index contributed by atoms with van der Waals surface area (Å²) in [7, 11) is 0. The fraction of sp³-hybridized carbons (Fsp3) is 0.0714. The number of ether oxygens (including phenoxy) is 1. The molecule has 0 N–H and O–H groups in total. The van der Waals surface area contributed by atoms with Crippen molar-refractivity contribution >= 4 is 15.9 Å². The van der Waals surface area contributed by atoms with E-state index in [1.54, 1.807) is 30.3 Å². The summed E-state index contributed by atoms with van der Waals surface area (Å²) in [6.45, 7) is 1.86. The second-order valence-electron chi connectivity index (χ2n) is 3.79. The molecule has 90 valence electrons. The first-order valence-electron chi connectivity index (χ1n) is 5.24. The molecule has 0 aliphatic carbocycles. The second-order valence-corrected chi connectivity index (χ2v) is 4.64. The fourth-order valence-electron chi connectivity index (χ4n) is 1.47. The lowest BCUT2D eigenvalue weighted by Gasteiger charge is -2.08. The molecule has 0 aliphatic heterocycles. The monoisotopic (exact) mass is 305 g/mol. The van der Waals surface area contributed by atoms with E-state index < -0.39 is 5.82 Å². The molecule has 2 aromatic rings. The number of halogens is 2. The van der Waals surface area contributed by atoms with Gasteiger partial charge in [-0.15, -0.1) is 0 Å². The number of nitriles is 1. The van der Waals surface area contributed by atoms with Crippen LogP contribution < -0.4 is 4.74 Å². The molecule has 2 nitrogen and oxygen atoms in total. The number of nitrogens with zero attached hydrogens (tertiary/aromatic N) is 1. The Morgan fingerprint density at radius 2 is 2.00 bits per heavy atom. The topological polar surface area (TPSA) is 33.0 Å². The Hall–Kier alpha value is -1.86. The van der Waals surface area contributed by atoms with Crippen LogP contribution in [0.3, 0.4) is 0 Å². The summed E-state index contributed by atoms with van der Waals surface area (Å²) in [5, 5.41) is 8.80. The molecule has 0 atom stereocenters. The first-order valence-corrected chi connectivity index (χ1v) is 6.03. The van der Waals surface area contributed by atoms with Crippen molar-refractivity contribution < 1.29 is 9.13 Å². The van der Waals surface area contributed by atoms with Gasteiger partial charge in [-0.05, 0) is 58.7 Å². The lowest BCUT2D eigenvalue weighted by Crippen LogP contribution is -1.90. The highest BCUT2D eigenvalue weighted by Gasteiger charge is 2.07. The van der Waals surface area contributed by atoms with E-state index in [0.717, 1.165) is 5.56 Å². The number of benzene rings is 2. The van der Waals surface area contributed by atoms with E-state index in [-0.39, 0.29) is 5.75 Å². The third-order valence-corrected chi connectivity index (χ3v) is 3.03. The Balaban J connectivity index is 2.32. The van der Waals surface area contributed by atoms with Crippen molar-refractivity contribution in [3.63, 3.8) is 0 Å². The summed E-state index contributed by atoms with van der Waals surface area (Å²) in [5.41, 5.74) is 1.42. The number of aryl methyl sites for hydroxylation is 1. The zero-order chi connectivity index (χ0) is 13.1. The number of hydrogen-bond acceptors (Lipinski definition) is 2. The van der Waals surface area contributed by atoms with E-state index in [1.165, 1.54) is 6.07 Å². The first kappa shape index (κ1) is 12.6. The molecule has 0 amide bonds. The highest BCUT2D eigenvalue weighted by Crippen LogP contribution is 2.28. The Morgan fingerprint density at radius 1 is 1.22 bits per heavy atom. The van der Waals surface area contributed by atoms with Gasteiger partial charge in [0.25, 0.3) is 0 Å². The third kappa shape index (κ3) is 2.69. The minimum atomic E-state index is -0.416. The quantitative estimate of drug-likeness (QED) is 0.815. The molecule has 0 aromatic heterocycles. The Morgan fingerprint density at radius 3 is 2.67 bits per heavy atom. The van der Waals surface area contributed by atoms with Crippen LogP contribution in [0, 0.1) is 24.1 Å². The van der Waals surface area contributed by atoms with E-state index in [0.29, 0.717) is 15.8 Å². The van der Waals surface area contributed by atoms with Gasteiger partial charge in [0, 0.05) is 4.47 Å². The van der Waals surface area contributed by atoms with Crippen molar-refractivity contribution in [3.05, 3.63) is 57.8 Å². The molecule has 0 spiro atoms. The molecule has 0 saturated heterocycles. The third-order valence-electron chi connectivity index (χ3n) is 2.38. The highest BCUT2D eigenvalue weighted by molar-refractivity contribution is 9.10. The summed E-state index contributed by atoms with van der Waals surface area (Å²) >= 11 is 3.26. The summed E-state index contributed by atoms with van der Waals surface area (Å²) < 4.78 is 19.6. The molecule has 4 heteroatoms. The van der Waals surface area contributed by atoms with Crippen molar-refractivity contribution in [2.75, 3.05) is 0 Å². The van der Waals surface area contributed by atoms with Crippen LogP contribution in [0.15, 0.2) is 40.9 Å². The summed E-state index contributed by atoms with van der Waals surface area (Å²) in [5.74, 6) is 0.234. The normalized spacial score (nSPS) is 9.89. The van der Waals surface area contributed by atoms with Gasteiger partial charge in [0.05, 0.1) is 5.56 Å². The van der Waals surface area contributed by atoms with Crippen LogP contribution in [0.25, 0.3) is 0 Å². The van der Waals surface area contributed by atoms with Gasteiger partial charge in [0.2, 0.25) is 0 Å². The predicted octanol–water partition coefficient (Wildman–Crippen LogP) is 4.56. The van der Waals surface area contributed by atoms with E-state index in [2.05, 4.69) is 15.9 Å². The molecule has 0 heterocycles. The Kier molecular flexibility index (Phi) is 3.63. The van der Waals surface area contributed by atoms with Gasteiger partial charge < -0.3 is 4.74 Å². The van der Waals surface area contributed by atoms with Crippen molar-refractivity contribution in [1.29, 1.82) is 5.26 Å². The largest absolute Gasteiger partial charge is 0.454 e. The second kappa shape index (κ2) is 5.19. The smallest absolute Gasteiger partial charge is 0.165 e. The number of rotatable bonds is 2. The molecule has 2 aromatic carbocycles. The van der Waals surface area contributed by atoms with Crippen molar-refractivity contribution in [2.24, 2.45) is 0 Å². The van der Waals surface area contributed by atoms with E-state index >= 15 is 0 Å². The maximum absolute atomic E-state index is 13.5. The zero-order valence-corrected chi connectivity index (χ0v) is 11.2. The van der Waals surface area contributed by atoms with Gasteiger partial charge in [0.1, 0.15) is 11.8 Å². The van der Waals surface area contributed by atoms with Crippen molar-refractivity contribution in [1.82, 2.24) is 0 Å². The molecule has 0 aliphatic rings. The van der Waals surface area contributed by atoms with Crippen molar-refractivity contribution in [3.8, 4) is 17.6 Å². The van der Waals surface area contributed by atoms with Crippen LogP contribution in [0.1, 0.15) is 11.1 Å². The van der Waals surface area contributed by atoms with E-state index in [4.69, 9.17) is 10.00 Å². The maximum atomic E-state index is 13.5. The fourth-order valence-corrected chi connectivity index (χ4v) is 1.91. The average Bonchev–Trinajstić information content (AvgIpc) is 2.34. The molecule has 2 rings (SSSR count). The molecule has 0 bridgehead atoms. The van der Waals surface area contributed by atoms with Crippen LogP contribution in [-0.2, 0) is 0 Å². The summed E-state index contributed by atoms with van der Waals surface area (Å²) in [6.07, 6.45) is 0. The minimum Gasteiger partial charge on any atom is -0.454 e. The predicted molar refractivity (Wildman–Crippen MR) is 70.1 cm³/mol. The van der Waals surface area contributed by atoms with E-state index in [1.807, 2.05) is 13.0 Å². The summed E-state index contributed by atoms with van der Waals surface area (Å²) in [6, 6.07) is 11.6. The Bertz CT molecular complexity index is 634. The van der Waals surface area contributed by atoms with Gasteiger partial charge in [-0.2, -0.15) is 5.26 Å². The van der Waals surface area contributed by atoms with Gasteiger partial charge in [-0.3, -0.25) is 0 Å². The van der Waals surface area contributed by atoms with Crippen LogP contribution in [0.2, 0.25) is 0 Å². The van der Waals surface area contributed by atoms with Gasteiger partial charge in [-0.1, -0.05) is 6.07 Å². The van der Waals surface area contributed by atoms with Gasteiger partial charge in [0.15, 0.2) is 11.6 Å². The minimum absolute atomic E-state index is 0.173. The molecule has 0 radical (unpaired) electrons. The standard InChI is InChI=1S/C14H9BrFNO/c1-9-2-5-13(16)14(6-9)18-11-4-3-10(8-17)12(15)7-11/h2-7H,1H3. The SMILES string of the molecule is Cc1ccc(F)c(Oc2ccc(C#N)c(Br)c2)c1. The van der Waals surface area contributed by atoms with Gasteiger partial charge in [-0.25, -0.2) is 4.39 Å². The first-order chi connectivity index (χ1) is 8.60. The van der Waals surface area contributed by atoms with Crippen LogP contribution in [0.5, 0.6) is 11.5 Å². The molecule has 0 unspecified atom stereocenters. The number of hydrogen-bond donors (Lipinski definition) is 0. The van der Waals surface area contributed by atoms with E-state index in [9.17, 15) is 4.39 Å². The molecule has 18 heavy (non-hydrogen) atoms. The van der Waals surface area contributed by atoms with Crippen LogP contribution in [0.4, 0.5) is 4.39 Å². The lowest BCUT2D eigenvalue weighted by molar-refractivity contribution is 0.441. The molecular weight excluding hydrogens is 297 g/mol. The molecule has 0 fully saturated rings. The Labute approximate surface area is 113 Å². The lowest BCUT2D eigenvalue weighted by atomic mass is 10.2. The van der Waals surface area contributed by atoms with Crippen LogP contribution >= 0.6 is 15.9 Å². The zero-order valence-electron chi connectivity index (χ0n) is 9.58. The highest BCUT2D eigenvalue weighted by atomic mass is 79.9. The average molecular weight is 306 g/mol. The summed E-state index contributed by atoms with van der Waals surface area (Å²) in [4.78, 5) is 0. The maximum Gasteiger partial charge on any atom is 0.165 e. The van der Waals surface area contributed by atoms with Crippen molar-refractivity contribution in [2.45, 2.75) is 6.92 Å².